The molecule has 7 nitrogen and oxygen atoms in total. The monoisotopic (exact) mass is 377 g/mol. The molecule has 26 heavy (non-hydrogen) atoms. The molecule has 0 aliphatic heterocycles. The number of ether oxygens (including phenoxy) is 1. The summed E-state index contributed by atoms with van der Waals surface area (Å²) in [6, 6.07) is 9.13. The molecule has 0 bridgehead atoms. The van der Waals surface area contributed by atoms with E-state index in [0.29, 0.717) is 18.2 Å². The zero-order chi connectivity index (χ0) is 18.9. The third kappa shape index (κ3) is 6.44. The predicted octanol–water partition coefficient (Wildman–Crippen LogP) is 2.93. The van der Waals surface area contributed by atoms with E-state index in [1.165, 1.54) is 11.8 Å². The minimum atomic E-state index is -0.226. The first kappa shape index (κ1) is 19.8. The smallest absolute Gasteiger partial charge is 0.235 e. The topological polar surface area (TPSA) is 93.5 Å². The number of anilines is 1. The molecule has 0 saturated heterocycles. The highest BCUT2D eigenvalue weighted by molar-refractivity contribution is 8.00. The minimum absolute atomic E-state index is 0.120. The van der Waals surface area contributed by atoms with Crippen molar-refractivity contribution in [3.63, 3.8) is 0 Å². The summed E-state index contributed by atoms with van der Waals surface area (Å²) in [5, 5.41) is 9.21. The van der Waals surface area contributed by atoms with Gasteiger partial charge in [0.25, 0.3) is 0 Å². The molecule has 1 unspecified atom stereocenters. The number of nitrogens with one attached hydrogen (secondary N) is 2. The van der Waals surface area contributed by atoms with Crippen molar-refractivity contribution >= 4 is 29.4 Å². The summed E-state index contributed by atoms with van der Waals surface area (Å²) in [6.07, 6.45) is 0. The van der Waals surface area contributed by atoms with E-state index in [1.54, 1.807) is 13.0 Å². The lowest BCUT2D eigenvalue weighted by atomic mass is 10.1. The van der Waals surface area contributed by atoms with E-state index in [9.17, 15) is 9.59 Å². The number of hydrogen-bond donors (Lipinski definition) is 2. The van der Waals surface area contributed by atoms with Gasteiger partial charge in [-0.2, -0.15) is 0 Å². The van der Waals surface area contributed by atoms with E-state index >= 15 is 0 Å². The summed E-state index contributed by atoms with van der Waals surface area (Å²) < 4.78 is 10.3. The van der Waals surface area contributed by atoms with Crippen LogP contribution in [0.3, 0.4) is 0 Å². The number of carbonyl (C=O) groups is 2. The maximum absolute atomic E-state index is 12.0. The number of nitrogens with zero attached hydrogens (tertiary/aromatic N) is 1. The Labute approximate surface area is 156 Å². The zero-order valence-electron chi connectivity index (χ0n) is 15.1. The second-order valence-electron chi connectivity index (χ2n) is 5.66. The maximum Gasteiger partial charge on any atom is 0.235 e. The zero-order valence-corrected chi connectivity index (χ0v) is 15.9. The van der Waals surface area contributed by atoms with Crippen LogP contribution < -0.4 is 15.4 Å². The molecule has 0 saturated carbocycles. The first-order chi connectivity index (χ1) is 12.5. The fourth-order valence-electron chi connectivity index (χ4n) is 2.23. The first-order valence-electron chi connectivity index (χ1n) is 8.31. The quantitative estimate of drug-likeness (QED) is 0.698. The van der Waals surface area contributed by atoms with E-state index in [4.69, 9.17) is 9.26 Å². The average molecular weight is 377 g/mol. The number of aryl methyl sites for hydroxylation is 1. The van der Waals surface area contributed by atoms with Crippen LogP contribution in [0.15, 0.2) is 34.9 Å². The van der Waals surface area contributed by atoms with Gasteiger partial charge in [-0.3, -0.25) is 9.59 Å². The Morgan fingerprint density at radius 1 is 1.23 bits per heavy atom. The highest BCUT2D eigenvalue weighted by Crippen LogP contribution is 2.18. The second kappa shape index (κ2) is 9.86. The molecule has 0 aliphatic rings. The van der Waals surface area contributed by atoms with Crippen LogP contribution in [-0.4, -0.2) is 35.1 Å². The van der Waals surface area contributed by atoms with E-state index in [0.717, 1.165) is 11.3 Å². The van der Waals surface area contributed by atoms with Crippen LogP contribution in [0.4, 0.5) is 5.82 Å². The minimum Gasteiger partial charge on any atom is -0.494 e. The molecule has 2 amide bonds. The Hall–Kier alpha value is -2.48. The SMILES string of the molecule is CCOc1ccc(C(C)NC(=O)CSCC(=O)Nc2cc(C)on2)cc1. The fraction of sp³-hybridized carbons (Fsp3) is 0.389. The first-order valence-corrected chi connectivity index (χ1v) is 9.46. The van der Waals surface area contributed by atoms with Gasteiger partial charge in [-0.25, -0.2) is 0 Å². The van der Waals surface area contributed by atoms with Gasteiger partial charge in [0.05, 0.1) is 24.2 Å². The third-order valence-electron chi connectivity index (χ3n) is 3.43. The van der Waals surface area contributed by atoms with Crippen molar-refractivity contribution < 1.29 is 18.8 Å². The maximum atomic E-state index is 12.0. The Bertz CT molecular complexity index is 730. The highest BCUT2D eigenvalue weighted by atomic mass is 32.2. The van der Waals surface area contributed by atoms with Gasteiger partial charge in [0.2, 0.25) is 11.8 Å². The molecule has 0 spiro atoms. The number of thioether (sulfide) groups is 1. The van der Waals surface area contributed by atoms with Gasteiger partial charge in [0.15, 0.2) is 5.82 Å². The van der Waals surface area contributed by atoms with Crippen molar-refractivity contribution in [2.24, 2.45) is 0 Å². The lowest BCUT2D eigenvalue weighted by molar-refractivity contribution is -0.119. The Morgan fingerprint density at radius 2 is 1.92 bits per heavy atom. The van der Waals surface area contributed by atoms with Crippen LogP contribution in [0.25, 0.3) is 0 Å². The molecule has 0 fully saturated rings. The molecular weight excluding hydrogens is 354 g/mol. The molecule has 8 heteroatoms. The summed E-state index contributed by atoms with van der Waals surface area (Å²) >= 11 is 1.24. The van der Waals surface area contributed by atoms with E-state index < -0.39 is 0 Å². The van der Waals surface area contributed by atoms with Gasteiger partial charge in [-0.1, -0.05) is 17.3 Å². The van der Waals surface area contributed by atoms with E-state index in [1.807, 2.05) is 38.1 Å². The average Bonchev–Trinajstić information content (AvgIpc) is 3.00. The van der Waals surface area contributed by atoms with Crippen LogP contribution in [0.1, 0.15) is 31.2 Å². The molecule has 140 valence electrons. The highest BCUT2D eigenvalue weighted by Gasteiger charge is 2.11. The lowest BCUT2D eigenvalue weighted by Gasteiger charge is -2.15. The molecule has 2 rings (SSSR count). The molecule has 0 aliphatic carbocycles. The fourth-order valence-corrected chi connectivity index (χ4v) is 2.85. The number of aromatic nitrogens is 1. The summed E-state index contributed by atoms with van der Waals surface area (Å²) in [7, 11) is 0. The van der Waals surface area contributed by atoms with Crippen LogP contribution >= 0.6 is 11.8 Å². The molecule has 1 aromatic carbocycles. The Balaban J connectivity index is 1.69. The number of amides is 2. The van der Waals surface area contributed by atoms with E-state index in [2.05, 4.69) is 15.8 Å². The largest absolute Gasteiger partial charge is 0.494 e. The Morgan fingerprint density at radius 3 is 2.54 bits per heavy atom. The predicted molar refractivity (Wildman–Crippen MR) is 101 cm³/mol. The van der Waals surface area contributed by atoms with Crippen molar-refractivity contribution in [1.82, 2.24) is 10.5 Å². The van der Waals surface area contributed by atoms with Crippen molar-refractivity contribution in [2.75, 3.05) is 23.4 Å². The molecule has 2 aromatic rings. The number of rotatable bonds is 9. The van der Waals surface area contributed by atoms with Crippen LogP contribution in [0.2, 0.25) is 0 Å². The van der Waals surface area contributed by atoms with Gasteiger partial charge in [-0.15, -0.1) is 11.8 Å². The van der Waals surface area contributed by atoms with Gasteiger partial charge in [0, 0.05) is 6.07 Å². The van der Waals surface area contributed by atoms with Crippen LogP contribution in [0, 0.1) is 6.92 Å². The summed E-state index contributed by atoms with van der Waals surface area (Å²) in [5.41, 5.74) is 0.992. The van der Waals surface area contributed by atoms with Crippen molar-refractivity contribution in [3.8, 4) is 5.75 Å². The molecular formula is C18H23N3O4S. The standard InChI is InChI=1S/C18H23N3O4S/c1-4-24-15-7-5-14(6-8-15)13(3)19-17(22)10-26-11-18(23)20-16-9-12(2)25-21-16/h5-9,13H,4,10-11H2,1-3H3,(H,19,22)(H,20,21,23). The number of hydrogen-bond acceptors (Lipinski definition) is 6. The van der Waals surface area contributed by atoms with Crippen molar-refractivity contribution in [1.29, 1.82) is 0 Å². The van der Waals surface area contributed by atoms with Crippen molar-refractivity contribution in [3.05, 3.63) is 41.7 Å². The van der Waals surface area contributed by atoms with Gasteiger partial charge in [0.1, 0.15) is 11.5 Å². The molecule has 2 N–H and O–H groups in total. The molecule has 0 radical (unpaired) electrons. The number of carbonyl (C=O) groups excluding carboxylic acids is 2. The molecule has 1 aromatic heterocycles. The summed E-state index contributed by atoms with van der Waals surface area (Å²) in [4.78, 5) is 23.8. The van der Waals surface area contributed by atoms with E-state index in [-0.39, 0.29) is 29.4 Å². The van der Waals surface area contributed by atoms with Gasteiger partial charge < -0.3 is 19.9 Å². The third-order valence-corrected chi connectivity index (χ3v) is 4.36. The lowest BCUT2D eigenvalue weighted by Crippen LogP contribution is -2.28. The number of benzene rings is 1. The van der Waals surface area contributed by atoms with Crippen LogP contribution in [0.5, 0.6) is 5.75 Å². The van der Waals surface area contributed by atoms with Gasteiger partial charge >= 0.3 is 0 Å². The van der Waals surface area contributed by atoms with Crippen LogP contribution in [-0.2, 0) is 9.59 Å². The normalized spacial score (nSPS) is 11.7. The Kier molecular flexibility index (Phi) is 7.53. The molecule has 1 heterocycles. The van der Waals surface area contributed by atoms with Gasteiger partial charge in [-0.05, 0) is 38.5 Å². The van der Waals surface area contributed by atoms with Crippen molar-refractivity contribution in [2.45, 2.75) is 26.8 Å². The molecule has 1 atom stereocenters. The summed E-state index contributed by atoms with van der Waals surface area (Å²) in [5.74, 6) is 1.82. The second-order valence-corrected chi connectivity index (χ2v) is 6.64. The summed E-state index contributed by atoms with van der Waals surface area (Å²) in [6.45, 7) is 6.21.